The minimum atomic E-state index is -4.09. The molecular formula is C27H32Cl2N2O5S2. The van der Waals surface area contributed by atoms with Crippen molar-refractivity contribution in [2.24, 2.45) is 0 Å². The Labute approximate surface area is 238 Å². The van der Waals surface area contributed by atoms with E-state index in [4.69, 9.17) is 32.7 Å². The van der Waals surface area contributed by atoms with E-state index in [1.807, 2.05) is 37.3 Å². The first-order chi connectivity index (χ1) is 18.0. The highest BCUT2D eigenvalue weighted by Gasteiger charge is 2.32. The number of amides is 1. The van der Waals surface area contributed by atoms with Crippen molar-refractivity contribution in [3.8, 4) is 11.5 Å². The van der Waals surface area contributed by atoms with Crippen LogP contribution in [0, 0.1) is 6.92 Å². The van der Waals surface area contributed by atoms with Gasteiger partial charge in [0.15, 0.2) is 11.5 Å². The summed E-state index contributed by atoms with van der Waals surface area (Å²) in [5.74, 6) is 0.912. The molecule has 1 aromatic heterocycles. The Kier molecular flexibility index (Phi) is 10.5. The Hall–Kier alpha value is -2.30. The van der Waals surface area contributed by atoms with Gasteiger partial charge in [-0.1, -0.05) is 29.3 Å². The van der Waals surface area contributed by atoms with E-state index in [1.165, 1.54) is 18.2 Å². The van der Waals surface area contributed by atoms with Crippen molar-refractivity contribution in [1.82, 2.24) is 9.21 Å². The van der Waals surface area contributed by atoms with Crippen molar-refractivity contribution >= 4 is 50.5 Å². The Bertz CT molecular complexity index is 1380. The lowest BCUT2D eigenvalue weighted by atomic mass is 10.1. The molecule has 0 saturated carbocycles. The van der Waals surface area contributed by atoms with Crippen LogP contribution >= 0.6 is 34.5 Å². The highest BCUT2D eigenvalue weighted by molar-refractivity contribution is 7.89. The van der Waals surface area contributed by atoms with Crippen molar-refractivity contribution in [2.45, 2.75) is 44.7 Å². The van der Waals surface area contributed by atoms with Gasteiger partial charge in [-0.2, -0.15) is 4.31 Å². The number of sulfonamides is 1. The number of aryl methyl sites for hydroxylation is 1. The topological polar surface area (TPSA) is 76.2 Å². The van der Waals surface area contributed by atoms with Crippen molar-refractivity contribution in [2.75, 3.05) is 27.3 Å². The number of hydrogen-bond donors (Lipinski definition) is 0. The zero-order valence-electron chi connectivity index (χ0n) is 22.0. The van der Waals surface area contributed by atoms with Crippen LogP contribution in [0.15, 0.2) is 53.4 Å². The summed E-state index contributed by atoms with van der Waals surface area (Å²) < 4.78 is 39.0. The predicted octanol–water partition coefficient (Wildman–Crippen LogP) is 6.05. The van der Waals surface area contributed by atoms with Crippen LogP contribution in [-0.2, 0) is 27.8 Å². The summed E-state index contributed by atoms with van der Waals surface area (Å²) in [6.07, 6.45) is 0.547. The molecule has 2 aromatic carbocycles. The van der Waals surface area contributed by atoms with Gasteiger partial charge < -0.3 is 14.4 Å². The minimum Gasteiger partial charge on any atom is -0.493 e. The van der Waals surface area contributed by atoms with E-state index in [0.29, 0.717) is 31.0 Å². The first-order valence-corrected chi connectivity index (χ1v) is 15.0. The number of benzene rings is 2. The quantitative estimate of drug-likeness (QED) is 0.253. The maximum atomic E-state index is 13.7. The van der Waals surface area contributed by atoms with Crippen LogP contribution in [-0.4, -0.2) is 56.9 Å². The summed E-state index contributed by atoms with van der Waals surface area (Å²) in [6, 6.07) is 13.4. The van der Waals surface area contributed by atoms with Gasteiger partial charge in [0.2, 0.25) is 15.9 Å². The molecule has 0 aliphatic rings. The van der Waals surface area contributed by atoms with Gasteiger partial charge in [0.25, 0.3) is 0 Å². The van der Waals surface area contributed by atoms with Crippen LogP contribution in [0.2, 0.25) is 10.0 Å². The number of hydrogen-bond acceptors (Lipinski definition) is 6. The summed E-state index contributed by atoms with van der Waals surface area (Å²) in [6.45, 7) is 5.87. The second-order valence-corrected chi connectivity index (χ2v) is 13.1. The summed E-state index contributed by atoms with van der Waals surface area (Å²) in [7, 11) is -0.944. The minimum absolute atomic E-state index is 0.0480. The molecular weight excluding hydrogens is 567 g/mol. The van der Waals surface area contributed by atoms with E-state index in [0.717, 1.165) is 19.6 Å². The van der Waals surface area contributed by atoms with Gasteiger partial charge in [-0.25, -0.2) is 8.42 Å². The predicted molar refractivity (Wildman–Crippen MR) is 153 cm³/mol. The third kappa shape index (κ3) is 7.42. The summed E-state index contributed by atoms with van der Waals surface area (Å²) in [5.41, 5.74) is 0.960. The number of halogens is 2. The molecule has 0 bridgehead atoms. The van der Waals surface area contributed by atoms with Crippen LogP contribution in [0.3, 0.4) is 0 Å². The molecule has 0 aliphatic heterocycles. The highest BCUT2D eigenvalue weighted by atomic mass is 35.5. The first kappa shape index (κ1) is 30.2. The van der Waals surface area contributed by atoms with Gasteiger partial charge in [0, 0.05) is 27.4 Å². The number of nitrogens with zero attached hydrogens (tertiary/aromatic N) is 2. The Morgan fingerprint density at radius 3 is 2.32 bits per heavy atom. The average Bonchev–Trinajstić information content (AvgIpc) is 3.30. The number of carbonyl (C=O) groups excluding carboxylic acids is 1. The average molecular weight is 600 g/mol. The van der Waals surface area contributed by atoms with Gasteiger partial charge in [0.1, 0.15) is 4.90 Å². The number of ether oxygens (including phenoxy) is 2. The van der Waals surface area contributed by atoms with Crippen LogP contribution in [0.1, 0.15) is 29.2 Å². The molecule has 1 heterocycles. The van der Waals surface area contributed by atoms with Gasteiger partial charge in [0.05, 0.1) is 32.3 Å². The van der Waals surface area contributed by atoms with E-state index >= 15 is 0 Å². The molecule has 0 N–H and O–H groups in total. The van der Waals surface area contributed by atoms with Gasteiger partial charge in [-0.05, 0) is 75.2 Å². The van der Waals surface area contributed by atoms with E-state index in [-0.39, 0.29) is 27.4 Å². The molecule has 0 fully saturated rings. The van der Waals surface area contributed by atoms with Crippen LogP contribution in [0.25, 0.3) is 0 Å². The summed E-state index contributed by atoms with van der Waals surface area (Å²) in [4.78, 5) is 17.4. The standard InChI is InChI=1S/C27H32Cl2N2O5S2/c1-18(2)31(38(33,34)26-15-21(28)8-10-23(26)29)17-27(32)30(16-22-9-6-19(3)37-22)13-12-20-7-11-24(35-4)25(14-20)36-5/h6-11,14-15,18H,12-13,16-17H2,1-5H3. The molecule has 3 aromatic rings. The molecule has 1 amide bonds. The van der Waals surface area contributed by atoms with Crippen molar-refractivity contribution < 1.29 is 22.7 Å². The highest BCUT2D eigenvalue weighted by Crippen LogP contribution is 2.30. The van der Waals surface area contributed by atoms with E-state index in [9.17, 15) is 13.2 Å². The first-order valence-electron chi connectivity index (χ1n) is 12.0. The van der Waals surface area contributed by atoms with Gasteiger partial charge >= 0.3 is 0 Å². The van der Waals surface area contributed by atoms with E-state index in [2.05, 4.69) is 0 Å². The van der Waals surface area contributed by atoms with Crippen molar-refractivity contribution in [3.05, 3.63) is 73.9 Å². The number of thiophene rings is 1. The Morgan fingerprint density at radius 1 is 1.00 bits per heavy atom. The molecule has 0 radical (unpaired) electrons. The van der Waals surface area contributed by atoms with Crippen LogP contribution < -0.4 is 9.47 Å². The zero-order valence-corrected chi connectivity index (χ0v) is 25.2. The largest absolute Gasteiger partial charge is 0.493 e. The normalized spacial score (nSPS) is 11.7. The molecule has 11 heteroatoms. The van der Waals surface area contributed by atoms with Gasteiger partial charge in [-0.3, -0.25) is 4.79 Å². The molecule has 0 unspecified atom stereocenters. The number of rotatable bonds is 12. The number of methoxy groups -OCH3 is 2. The molecule has 206 valence electrons. The molecule has 3 rings (SSSR count). The third-order valence-corrected chi connectivity index (χ3v) is 9.68. The van der Waals surface area contributed by atoms with Crippen LogP contribution in [0.5, 0.6) is 11.5 Å². The van der Waals surface area contributed by atoms with E-state index < -0.39 is 16.1 Å². The smallest absolute Gasteiger partial charge is 0.245 e. The molecule has 0 aliphatic carbocycles. The van der Waals surface area contributed by atoms with Gasteiger partial charge in [-0.15, -0.1) is 11.3 Å². The lowest BCUT2D eigenvalue weighted by molar-refractivity contribution is -0.132. The fourth-order valence-corrected chi connectivity index (χ4v) is 7.16. The molecule has 38 heavy (non-hydrogen) atoms. The SMILES string of the molecule is COc1ccc(CCN(Cc2ccc(C)s2)C(=O)CN(C(C)C)S(=O)(=O)c2cc(Cl)ccc2Cl)cc1OC. The number of carbonyl (C=O) groups is 1. The second-order valence-electron chi connectivity index (χ2n) is 8.99. The fourth-order valence-electron chi connectivity index (χ4n) is 3.93. The molecule has 0 atom stereocenters. The Balaban J connectivity index is 1.87. The lowest BCUT2D eigenvalue weighted by Gasteiger charge is -2.29. The molecule has 0 saturated heterocycles. The van der Waals surface area contributed by atoms with Crippen molar-refractivity contribution in [3.63, 3.8) is 0 Å². The molecule has 7 nitrogen and oxygen atoms in total. The Morgan fingerprint density at radius 2 is 1.71 bits per heavy atom. The van der Waals surface area contributed by atoms with E-state index in [1.54, 1.807) is 44.3 Å². The maximum Gasteiger partial charge on any atom is 0.245 e. The van der Waals surface area contributed by atoms with Crippen molar-refractivity contribution in [1.29, 1.82) is 0 Å². The molecule has 0 spiro atoms. The fraction of sp³-hybridized carbons (Fsp3) is 0.370. The van der Waals surface area contributed by atoms with Crippen LogP contribution in [0.4, 0.5) is 0 Å². The monoisotopic (exact) mass is 598 g/mol. The lowest BCUT2D eigenvalue weighted by Crippen LogP contribution is -2.46. The summed E-state index contributed by atoms with van der Waals surface area (Å²) >= 11 is 13.9. The second kappa shape index (κ2) is 13.2. The third-order valence-electron chi connectivity index (χ3n) is 5.96. The zero-order chi connectivity index (χ0) is 28.0. The maximum absolute atomic E-state index is 13.7. The summed E-state index contributed by atoms with van der Waals surface area (Å²) in [5, 5.41) is 0.291.